The Hall–Kier alpha value is -1.80. The predicted molar refractivity (Wildman–Crippen MR) is 103 cm³/mol. The molecule has 8 heteroatoms. The molecule has 1 saturated heterocycles. The number of alkyl halides is 3. The molecule has 0 spiro atoms. The van der Waals surface area contributed by atoms with Crippen molar-refractivity contribution in [2.24, 2.45) is 4.99 Å². The van der Waals surface area contributed by atoms with Gasteiger partial charge in [0.1, 0.15) is 0 Å². The molecule has 1 heterocycles. The first-order chi connectivity index (χ1) is 12.8. The van der Waals surface area contributed by atoms with E-state index in [2.05, 4.69) is 39.4 Å². The molecule has 1 aliphatic rings. The Bertz CT molecular complexity index is 592. The molecule has 2 N–H and O–H groups in total. The SMILES string of the molecule is CCNC(=NCc1ccc(C(F)(F)F)cc1)NCC(C)N1CCN(C)CC1. The highest BCUT2D eigenvalue weighted by Gasteiger charge is 2.29. The van der Waals surface area contributed by atoms with Crippen LogP contribution in [0.2, 0.25) is 0 Å². The quantitative estimate of drug-likeness (QED) is 0.583. The Kier molecular flexibility index (Phi) is 7.91. The van der Waals surface area contributed by atoms with Gasteiger partial charge in [-0.25, -0.2) is 4.99 Å². The fraction of sp³-hybridized carbons (Fsp3) is 0.632. The summed E-state index contributed by atoms with van der Waals surface area (Å²) < 4.78 is 37.9. The van der Waals surface area contributed by atoms with E-state index in [4.69, 9.17) is 0 Å². The average Bonchev–Trinajstić information content (AvgIpc) is 2.64. The zero-order valence-corrected chi connectivity index (χ0v) is 16.3. The normalized spacial score (nSPS) is 18.4. The minimum Gasteiger partial charge on any atom is -0.357 e. The highest BCUT2D eigenvalue weighted by molar-refractivity contribution is 5.79. The Labute approximate surface area is 159 Å². The van der Waals surface area contributed by atoms with E-state index < -0.39 is 11.7 Å². The lowest BCUT2D eigenvalue weighted by atomic mass is 10.1. The van der Waals surface area contributed by atoms with Gasteiger partial charge in [-0.15, -0.1) is 0 Å². The van der Waals surface area contributed by atoms with Gasteiger partial charge in [-0.05, 0) is 38.6 Å². The van der Waals surface area contributed by atoms with E-state index in [1.54, 1.807) is 0 Å². The van der Waals surface area contributed by atoms with Crippen molar-refractivity contribution in [2.45, 2.75) is 32.6 Å². The van der Waals surface area contributed by atoms with Gasteiger partial charge < -0.3 is 15.5 Å². The number of rotatable bonds is 6. The molecule has 0 aromatic heterocycles. The second-order valence-corrected chi connectivity index (χ2v) is 6.96. The lowest BCUT2D eigenvalue weighted by molar-refractivity contribution is -0.137. The van der Waals surface area contributed by atoms with Crippen LogP contribution in [0.15, 0.2) is 29.3 Å². The van der Waals surface area contributed by atoms with Crippen LogP contribution >= 0.6 is 0 Å². The van der Waals surface area contributed by atoms with Gasteiger partial charge in [-0.2, -0.15) is 13.2 Å². The Morgan fingerprint density at radius 3 is 2.30 bits per heavy atom. The molecule has 1 fully saturated rings. The lowest BCUT2D eigenvalue weighted by Crippen LogP contribution is -2.52. The minimum absolute atomic E-state index is 0.330. The van der Waals surface area contributed by atoms with Crippen LogP contribution in [0.1, 0.15) is 25.0 Å². The largest absolute Gasteiger partial charge is 0.416 e. The molecule has 1 aliphatic heterocycles. The first-order valence-electron chi connectivity index (χ1n) is 9.40. The Morgan fingerprint density at radius 1 is 1.11 bits per heavy atom. The maximum Gasteiger partial charge on any atom is 0.416 e. The van der Waals surface area contributed by atoms with Gasteiger partial charge in [0.05, 0.1) is 12.1 Å². The van der Waals surface area contributed by atoms with E-state index >= 15 is 0 Å². The lowest BCUT2D eigenvalue weighted by Gasteiger charge is -2.36. The van der Waals surface area contributed by atoms with E-state index in [-0.39, 0.29) is 0 Å². The van der Waals surface area contributed by atoms with Crippen LogP contribution in [0.4, 0.5) is 13.2 Å². The summed E-state index contributed by atoms with van der Waals surface area (Å²) in [7, 11) is 2.14. The smallest absolute Gasteiger partial charge is 0.357 e. The van der Waals surface area contributed by atoms with Crippen LogP contribution in [-0.4, -0.2) is 68.1 Å². The number of nitrogens with one attached hydrogen (secondary N) is 2. The Balaban J connectivity index is 1.88. The molecule has 1 unspecified atom stereocenters. The van der Waals surface area contributed by atoms with E-state index in [0.29, 0.717) is 18.5 Å². The van der Waals surface area contributed by atoms with Crippen LogP contribution in [0, 0.1) is 0 Å². The highest BCUT2D eigenvalue weighted by Crippen LogP contribution is 2.29. The van der Waals surface area contributed by atoms with Crippen LogP contribution in [0.5, 0.6) is 0 Å². The van der Waals surface area contributed by atoms with E-state index in [1.807, 2.05) is 6.92 Å². The number of piperazine rings is 1. The van der Waals surface area contributed by atoms with E-state index in [1.165, 1.54) is 12.1 Å². The van der Waals surface area contributed by atoms with Crippen LogP contribution in [0.25, 0.3) is 0 Å². The molecule has 0 radical (unpaired) electrons. The second kappa shape index (κ2) is 9.94. The molecular formula is C19H30F3N5. The third kappa shape index (κ3) is 7.03. The van der Waals surface area contributed by atoms with Crippen LogP contribution in [0.3, 0.4) is 0 Å². The fourth-order valence-electron chi connectivity index (χ4n) is 2.95. The molecule has 0 amide bonds. The number of guanidine groups is 1. The molecule has 0 saturated carbocycles. The van der Waals surface area contributed by atoms with Crippen molar-refractivity contribution in [3.8, 4) is 0 Å². The summed E-state index contributed by atoms with van der Waals surface area (Å²) in [6.45, 7) is 10.3. The van der Waals surface area contributed by atoms with Gasteiger partial charge in [-0.3, -0.25) is 4.90 Å². The van der Waals surface area contributed by atoms with Crippen molar-refractivity contribution in [3.63, 3.8) is 0 Å². The van der Waals surface area contributed by atoms with Gasteiger partial charge in [-0.1, -0.05) is 12.1 Å². The number of halogens is 3. The molecule has 5 nitrogen and oxygen atoms in total. The minimum atomic E-state index is -4.31. The number of aliphatic imine (C=N–C) groups is 1. The topological polar surface area (TPSA) is 42.9 Å². The number of benzene rings is 1. The first-order valence-corrected chi connectivity index (χ1v) is 9.40. The molecule has 1 aromatic carbocycles. The monoisotopic (exact) mass is 385 g/mol. The first kappa shape index (κ1) is 21.5. The summed E-state index contributed by atoms with van der Waals surface area (Å²) in [5, 5.41) is 6.52. The van der Waals surface area contributed by atoms with Crippen molar-refractivity contribution in [3.05, 3.63) is 35.4 Å². The summed E-state index contributed by atoms with van der Waals surface area (Å²) in [6.07, 6.45) is -4.31. The maximum absolute atomic E-state index is 12.6. The van der Waals surface area contributed by atoms with Crippen molar-refractivity contribution in [2.75, 3.05) is 46.3 Å². The van der Waals surface area contributed by atoms with Gasteiger partial charge in [0.15, 0.2) is 5.96 Å². The highest BCUT2D eigenvalue weighted by atomic mass is 19.4. The molecule has 1 atom stereocenters. The summed E-state index contributed by atoms with van der Waals surface area (Å²) in [4.78, 5) is 9.27. The van der Waals surface area contributed by atoms with Gasteiger partial charge >= 0.3 is 6.18 Å². The van der Waals surface area contributed by atoms with Crippen molar-refractivity contribution >= 4 is 5.96 Å². The predicted octanol–water partition coefficient (Wildman–Crippen LogP) is 2.40. The summed E-state index contributed by atoms with van der Waals surface area (Å²) >= 11 is 0. The zero-order valence-electron chi connectivity index (χ0n) is 16.3. The molecule has 0 aliphatic carbocycles. The van der Waals surface area contributed by atoms with Gasteiger partial charge in [0.2, 0.25) is 0 Å². The van der Waals surface area contributed by atoms with Crippen molar-refractivity contribution in [1.29, 1.82) is 0 Å². The third-order valence-electron chi connectivity index (χ3n) is 4.77. The Morgan fingerprint density at radius 2 is 1.74 bits per heavy atom. The second-order valence-electron chi connectivity index (χ2n) is 6.96. The van der Waals surface area contributed by atoms with Gasteiger partial charge in [0.25, 0.3) is 0 Å². The van der Waals surface area contributed by atoms with Crippen LogP contribution in [-0.2, 0) is 12.7 Å². The summed E-state index contributed by atoms with van der Waals surface area (Å²) in [6, 6.07) is 5.53. The maximum atomic E-state index is 12.6. The molecule has 0 bridgehead atoms. The molecule has 152 valence electrons. The molecular weight excluding hydrogens is 355 g/mol. The molecule has 2 rings (SSSR count). The number of hydrogen-bond donors (Lipinski definition) is 2. The summed E-state index contributed by atoms with van der Waals surface area (Å²) in [5.74, 6) is 0.679. The number of nitrogens with zero attached hydrogens (tertiary/aromatic N) is 3. The number of likely N-dealkylation sites (N-methyl/N-ethyl adjacent to an activating group) is 1. The average molecular weight is 385 g/mol. The van der Waals surface area contributed by atoms with E-state index in [0.717, 1.165) is 57.0 Å². The third-order valence-corrected chi connectivity index (χ3v) is 4.77. The molecule has 1 aromatic rings. The van der Waals surface area contributed by atoms with Crippen LogP contribution < -0.4 is 10.6 Å². The van der Waals surface area contributed by atoms with Crippen molar-refractivity contribution in [1.82, 2.24) is 20.4 Å². The number of hydrogen-bond acceptors (Lipinski definition) is 3. The standard InChI is InChI=1S/C19H30F3N5/c1-4-23-18(24-13-15(2)27-11-9-26(3)10-12-27)25-14-16-5-7-17(8-6-16)19(20,21)22/h5-8,15H,4,9-14H2,1-3H3,(H2,23,24,25). The molecule has 27 heavy (non-hydrogen) atoms. The zero-order chi connectivity index (χ0) is 19.9. The summed E-state index contributed by atoms with van der Waals surface area (Å²) in [5.41, 5.74) is 0.105. The van der Waals surface area contributed by atoms with E-state index in [9.17, 15) is 13.2 Å². The fourth-order valence-corrected chi connectivity index (χ4v) is 2.95. The van der Waals surface area contributed by atoms with Gasteiger partial charge in [0, 0.05) is 45.3 Å². The van der Waals surface area contributed by atoms with Crippen molar-refractivity contribution < 1.29 is 13.2 Å².